The zero-order chi connectivity index (χ0) is 25.5. The summed E-state index contributed by atoms with van der Waals surface area (Å²) in [5.41, 5.74) is 5.47. The van der Waals surface area contributed by atoms with Gasteiger partial charge >= 0.3 is 0 Å². The molecule has 5 nitrogen and oxygen atoms in total. The highest BCUT2D eigenvalue weighted by molar-refractivity contribution is 6.00. The summed E-state index contributed by atoms with van der Waals surface area (Å²) in [4.78, 5) is 21.1. The lowest BCUT2D eigenvalue weighted by atomic mass is 10.0. The number of amides is 1. The maximum atomic E-state index is 14.0. The molecule has 3 aromatic carbocycles. The number of hydrogen-bond acceptors (Lipinski definition) is 3. The number of anilines is 1. The van der Waals surface area contributed by atoms with Gasteiger partial charge in [-0.25, -0.2) is 4.98 Å². The van der Waals surface area contributed by atoms with Crippen LogP contribution in [0.25, 0.3) is 22.6 Å². The lowest BCUT2D eigenvalue weighted by Gasteiger charge is -2.20. The second kappa shape index (κ2) is 11.7. The molecule has 1 atom stereocenters. The lowest BCUT2D eigenvalue weighted by Crippen LogP contribution is -2.31. The Morgan fingerprint density at radius 2 is 1.53 bits per heavy atom. The number of nitrogens with one attached hydrogen (secondary N) is 1. The molecular weight excluding hydrogens is 444 g/mol. The molecule has 1 aromatic heterocycles. The van der Waals surface area contributed by atoms with Gasteiger partial charge in [0.05, 0.1) is 6.04 Å². The number of rotatable bonds is 10. The van der Waals surface area contributed by atoms with E-state index in [0.717, 1.165) is 47.5 Å². The van der Waals surface area contributed by atoms with E-state index >= 15 is 0 Å². The van der Waals surface area contributed by atoms with Crippen molar-refractivity contribution in [3.8, 4) is 22.6 Å². The highest BCUT2D eigenvalue weighted by Gasteiger charge is 2.26. The van der Waals surface area contributed by atoms with Gasteiger partial charge in [-0.3, -0.25) is 4.79 Å². The number of aromatic nitrogens is 2. The fraction of sp³-hybridized carbons (Fsp3) is 0.290. The minimum atomic E-state index is -0.0943. The molecule has 1 N–H and O–H groups in total. The highest BCUT2D eigenvalue weighted by atomic mass is 16.2. The van der Waals surface area contributed by atoms with Gasteiger partial charge in [0.1, 0.15) is 17.2 Å². The number of imidazole rings is 1. The Kier molecular flexibility index (Phi) is 8.21. The fourth-order valence-corrected chi connectivity index (χ4v) is 4.56. The Labute approximate surface area is 214 Å². The average Bonchev–Trinajstić information content (AvgIpc) is 3.32. The summed E-state index contributed by atoms with van der Waals surface area (Å²) in [6, 6.07) is 28.5. The topological polar surface area (TPSA) is 50.2 Å². The molecule has 36 heavy (non-hydrogen) atoms. The molecule has 0 radical (unpaired) electrons. The first-order chi connectivity index (χ1) is 17.5. The van der Waals surface area contributed by atoms with Crippen molar-refractivity contribution in [1.82, 2.24) is 14.9 Å². The van der Waals surface area contributed by atoms with Crippen LogP contribution in [-0.2, 0) is 6.54 Å². The summed E-state index contributed by atoms with van der Waals surface area (Å²) in [5, 5.41) is 3.36. The molecule has 0 saturated carbocycles. The predicted octanol–water partition coefficient (Wildman–Crippen LogP) is 6.96. The minimum Gasteiger partial charge on any atom is -0.378 e. The molecule has 4 aromatic rings. The summed E-state index contributed by atoms with van der Waals surface area (Å²) in [6.07, 6.45) is 3.01. The molecule has 1 heterocycles. The van der Waals surface area contributed by atoms with Crippen LogP contribution in [0.4, 0.5) is 5.69 Å². The largest absolute Gasteiger partial charge is 0.378 e. The molecule has 0 aliphatic heterocycles. The maximum Gasteiger partial charge on any atom is 0.270 e. The first kappa shape index (κ1) is 25.2. The van der Waals surface area contributed by atoms with E-state index in [1.807, 2.05) is 67.2 Å². The lowest BCUT2D eigenvalue weighted by molar-refractivity contribution is 0.0925. The first-order valence-corrected chi connectivity index (χ1v) is 12.8. The Morgan fingerprint density at radius 1 is 0.889 bits per heavy atom. The maximum absolute atomic E-state index is 14.0. The smallest absolute Gasteiger partial charge is 0.270 e. The fourth-order valence-electron chi connectivity index (χ4n) is 4.56. The van der Waals surface area contributed by atoms with E-state index in [2.05, 4.69) is 60.5 Å². The third-order valence-electron chi connectivity index (χ3n) is 6.54. The standard InChI is InChI=1S/C31H36N4O/c1-5-7-18-27(23-14-10-8-11-15-23)32-31(36)29-28(24-19-21-26(22-20-24)34(3)4)33-30(35(29)6-2)25-16-12-9-13-17-25/h8-17,19-22,27H,5-7,18H2,1-4H3,(H,32,36). The second-order valence-electron chi connectivity index (χ2n) is 9.26. The molecule has 0 fully saturated rings. The van der Waals surface area contributed by atoms with Gasteiger partial charge in [-0.15, -0.1) is 0 Å². The number of carbonyl (C=O) groups is 1. The normalized spacial score (nSPS) is 11.8. The van der Waals surface area contributed by atoms with Gasteiger partial charge in [-0.2, -0.15) is 0 Å². The van der Waals surface area contributed by atoms with Gasteiger partial charge < -0.3 is 14.8 Å². The molecular formula is C31H36N4O. The molecule has 0 bridgehead atoms. The van der Waals surface area contributed by atoms with E-state index in [-0.39, 0.29) is 11.9 Å². The highest BCUT2D eigenvalue weighted by Crippen LogP contribution is 2.31. The number of benzene rings is 3. The zero-order valence-corrected chi connectivity index (χ0v) is 21.7. The summed E-state index contributed by atoms with van der Waals surface area (Å²) in [6.45, 7) is 4.88. The number of nitrogens with zero attached hydrogens (tertiary/aromatic N) is 3. The summed E-state index contributed by atoms with van der Waals surface area (Å²) < 4.78 is 2.04. The van der Waals surface area contributed by atoms with E-state index in [1.54, 1.807) is 0 Å². The Morgan fingerprint density at radius 3 is 2.11 bits per heavy atom. The van der Waals surface area contributed by atoms with Crippen LogP contribution in [0.15, 0.2) is 84.9 Å². The molecule has 186 valence electrons. The average molecular weight is 481 g/mol. The quantitative estimate of drug-likeness (QED) is 0.267. The minimum absolute atomic E-state index is 0.0528. The molecule has 0 saturated heterocycles. The van der Waals surface area contributed by atoms with E-state index in [4.69, 9.17) is 4.98 Å². The molecule has 0 aliphatic carbocycles. The second-order valence-corrected chi connectivity index (χ2v) is 9.26. The van der Waals surface area contributed by atoms with E-state index in [0.29, 0.717) is 17.9 Å². The van der Waals surface area contributed by atoms with Crippen molar-refractivity contribution >= 4 is 11.6 Å². The van der Waals surface area contributed by atoms with Crippen molar-refractivity contribution < 1.29 is 4.79 Å². The van der Waals surface area contributed by atoms with Gasteiger partial charge in [-0.05, 0) is 31.0 Å². The predicted molar refractivity (Wildman–Crippen MR) is 149 cm³/mol. The van der Waals surface area contributed by atoms with Crippen molar-refractivity contribution in [2.24, 2.45) is 0 Å². The van der Waals surface area contributed by atoms with Crippen molar-refractivity contribution in [1.29, 1.82) is 0 Å². The third kappa shape index (κ3) is 5.51. The molecule has 4 rings (SSSR count). The number of hydrogen-bond donors (Lipinski definition) is 1. The summed E-state index contributed by atoms with van der Waals surface area (Å²) >= 11 is 0. The van der Waals surface area contributed by atoms with Crippen LogP contribution in [0.2, 0.25) is 0 Å². The molecule has 0 aliphatic rings. The molecule has 5 heteroatoms. The summed E-state index contributed by atoms with van der Waals surface area (Å²) in [7, 11) is 4.04. The monoisotopic (exact) mass is 480 g/mol. The van der Waals surface area contributed by atoms with Crippen LogP contribution in [0, 0.1) is 0 Å². The number of carbonyl (C=O) groups excluding carboxylic acids is 1. The van der Waals surface area contributed by atoms with Gasteiger partial charge in [0, 0.05) is 37.5 Å². The van der Waals surface area contributed by atoms with Crippen molar-refractivity contribution in [2.45, 2.75) is 45.7 Å². The zero-order valence-electron chi connectivity index (χ0n) is 21.7. The SMILES string of the molecule is CCCCC(NC(=O)c1c(-c2ccc(N(C)C)cc2)nc(-c2ccccc2)n1CC)c1ccccc1. The van der Waals surface area contributed by atoms with Crippen molar-refractivity contribution in [2.75, 3.05) is 19.0 Å². The van der Waals surface area contributed by atoms with Crippen molar-refractivity contribution in [3.05, 3.63) is 96.2 Å². The Balaban J connectivity index is 1.80. The van der Waals surface area contributed by atoms with E-state index < -0.39 is 0 Å². The van der Waals surface area contributed by atoms with Gasteiger partial charge in [-0.1, -0.05) is 92.6 Å². The van der Waals surface area contributed by atoms with Crippen LogP contribution in [0.1, 0.15) is 55.2 Å². The van der Waals surface area contributed by atoms with Gasteiger partial charge in [0.15, 0.2) is 0 Å². The van der Waals surface area contributed by atoms with Gasteiger partial charge in [0.2, 0.25) is 0 Å². The molecule has 0 spiro atoms. The summed E-state index contributed by atoms with van der Waals surface area (Å²) in [5.74, 6) is 0.711. The molecule has 1 unspecified atom stereocenters. The van der Waals surface area contributed by atoms with Crippen LogP contribution in [0.3, 0.4) is 0 Å². The van der Waals surface area contributed by atoms with Crippen molar-refractivity contribution in [3.63, 3.8) is 0 Å². The Hall–Kier alpha value is -3.86. The third-order valence-corrected chi connectivity index (χ3v) is 6.54. The number of unbranched alkanes of at least 4 members (excludes halogenated alkanes) is 1. The Bertz CT molecular complexity index is 1260. The van der Waals surface area contributed by atoms with Gasteiger partial charge in [0.25, 0.3) is 5.91 Å². The van der Waals surface area contributed by atoms with E-state index in [9.17, 15) is 4.79 Å². The molecule has 1 amide bonds. The van der Waals surface area contributed by atoms with Crippen LogP contribution in [0.5, 0.6) is 0 Å². The first-order valence-electron chi connectivity index (χ1n) is 12.8. The van der Waals surface area contributed by atoms with E-state index in [1.165, 1.54) is 0 Å². The van der Waals surface area contributed by atoms with Crippen LogP contribution >= 0.6 is 0 Å². The van der Waals surface area contributed by atoms with Crippen LogP contribution in [-0.4, -0.2) is 29.6 Å². The van der Waals surface area contributed by atoms with Crippen LogP contribution < -0.4 is 10.2 Å².